The minimum atomic E-state index is 0.192. The van der Waals surface area contributed by atoms with Crippen molar-refractivity contribution in [1.29, 1.82) is 0 Å². The van der Waals surface area contributed by atoms with Crippen LogP contribution in [0.2, 0.25) is 0 Å². The molecule has 0 bridgehead atoms. The Labute approximate surface area is 336 Å². The molecule has 0 fully saturated rings. The summed E-state index contributed by atoms with van der Waals surface area (Å²) in [5, 5.41) is 10.3. The predicted octanol–water partition coefficient (Wildman–Crippen LogP) is 14.0. The third-order valence-corrected chi connectivity index (χ3v) is 13.2. The Hall–Kier alpha value is -6.74. The summed E-state index contributed by atoms with van der Waals surface area (Å²) in [6.45, 7) is 4.32. The van der Waals surface area contributed by atoms with E-state index in [0.717, 1.165) is 5.69 Å². The van der Waals surface area contributed by atoms with Crippen molar-refractivity contribution in [2.24, 2.45) is 0 Å². The molecule has 1 aliphatic carbocycles. The van der Waals surface area contributed by atoms with Gasteiger partial charge in [0.05, 0.1) is 11.0 Å². The number of hydrogen-bond donors (Lipinski definition) is 0. The maximum atomic E-state index is 2.45. The van der Waals surface area contributed by atoms with Crippen LogP contribution in [0.1, 0.15) is 30.9 Å². The third-order valence-electron chi connectivity index (χ3n) is 12.0. The van der Waals surface area contributed by atoms with Crippen LogP contribution in [0.4, 0.5) is 0 Å². The van der Waals surface area contributed by atoms with Crippen LogP contribution < -0.4 is 9.75 Å². The third kappa shape index (κ3) is 5.44. The van der Waals surface area contributed by atoms with Crippen molar-refractivity contribution in [3.63, 3.8) is 0 Å². The first-order valence-electron chi connectivity index (χ1n) is 19.8. The molecule has 57 heavy (non-hydrogen) atoms. The second kappa shape index (κ2) is 13.5. The number of allylic oxidation sites excluding steroid dienone is 4. The molecule has 1 aliphatic rings. The lowest BCUT2D eigenvalue weighted by Crippen LogP contribution is -2.18. The van der Waals surface area contributed by atoms with E-state index in [0.29, 0.717) is 0 Å². The zero-order chi connectivity index (χ0) is 38.0. The minimum absolute atomic E-state index is 0.192. The molecule has 0 saturated carbocycles. The number of benzene rings is 8. The fraction of sp³-hybridized carbons (Fsp3) is 0.0545. The monoisotopic (exact) mass is 745 g/mol. The molecule has 0 radical (unpaired) electrons. The quantitative estimate of drug-likeness (QED) is 0.155. The van der Waals surface area contributed by atoms with Gasteiger partial charge in [-0.25, -0.2) is 0 Å². The molecule has 1 nitrogen and oxygen atoms in total. The Morgan fingerprint density at radius 1 is 0.561 bits per heavy atom. The van der Waals surface area contributed by atoms with Gasteiger partial charge in [0.2, 0.25) is 0 Å². The van der Waals surface area contributed by atoms with Crippen LogP contribution in [0.5, 0.6) is 0 Å². The van der Waals surface area contributed by atoms with Gasteiger partial charge in [0.15, 0.2) is 0 Å². The maximum absolute atomic E-state index is 2.45. The second-order valence-electron chi connectivity index (χ2n) is 15.2. The van der Waals surface area contributed by atoms with Crippen molar-refractivity contribution in [3.8, 4) is 27.9 Å². The predicted molar refractivity (Wildman–Crippen MR) is 248 cm³/mol. The largest absolute Gasteiger partial charge is 0.309 e. The van der Waals surface area contributed by atoms with Gasteiger partial charge >= 0.3 is 0 Å². The summed E-state index contributed by atoms with van der Waals surface area (Å²) in [5.74, 6) is 0.192. The minimum Gasteiger partial charge on any atom is -0.309 e. The summed E-state index contributed by atoms with van der Waals surface area (Å²) >= 11 is 1.89. The van der Waals surface area contributed by atoms with E-state index in [4.69, 9.17) is 0 Å². The van der Waals surface area contributed by atoms with Gasteiger partial charge in [0.1, 0.15) is 0 Å². The van der Waals surface area contributed by atoms with E-state index in [2.05, 4.69) is 213 Å². The normalized spacial score (nSPS) is 14.3. The SMILES string of the molecule is C/C=C(\C)c1ccc2c(-c3ccc(-n4c5ccccc5c5cc(C6C=CC=c7c(sc8ccccc78)=C6)ccc54)cc3)c3ccccc3c(-c3ccccc3)c2c1. The van der Waals surface area contributed by atoms with Gasteiger partial charge in [-0.2, -0.15) is 0 Å². The number of nitrogens with zero attached hydrogens (tertiary/aromatic N) is 1. The number of hydrogen-bond acceptors (Lipinski definition) is 1. The van der Waals surface area contributed by atoms with Crippen LogP contribution in [-0.4, -0.2) is 4.57 Å². The molecule has 1 unspecified atom stereocenters. The summed E-state index contributed by atoms with van der Waals surface area (Å²) in [5.41, 5.74) is 12.4. The molecule has 0 spiro atoms. The van der Waals surface area contributed by atoms with Gasteiger partial charge < -0.3 is 4.57 Å². The molecule has 0 N–H and O–H groups in total. The lowest BCUT2D eigenvalue weighted by Gasteiger charge is -2.19. The molecular weight excluding hydrogens is 707 g/mol. The maximum Gasteiger partial charge on any atom is 0.0541 e. The van der Waals surface area contributed by atoms with Gasteiger partial charge in [-0.05, 0) is 117 Å². The fourth-order valence-electron chi connectivity index (χ4n) is 9.15. The van der Waals surface area contributed by atoms with Gasteiger partial charge in [0.25, 0.3) is 0 Å². The highest BCUT2D eigenvalue weighted by Crippen LogP contribution is 2.45. The fourth-order valence-corrected chi connectivity index (χ4v) is 10.3. The summed E-state index contributed by atoms with van der Waals surface area (Å²) < 4.78 is 5.12. The highest BCUT2D eigenvalue weighted by Gasteiger charge is 2.19. The average Bonchev–Trinajstić information content (AvgIpc) is 3.70. The number of rotatable bonds is 5. The lowest BCUT2D eigenvalue weighted by molar-refractivity contribution is 1.14. The number of aromatic nitrogens is 1. The second-order valence-corrected chi connectivity index (χ2v) is 16.3. The summed E-state index contributed by atoms with van der Waals surface area (Å²) in [6.07, 6.45) is 11.5. The van der Waals surface area contributed by atoms with E-state index >= 15 is 0 Å². The molecule has 270 valence electrons. The van der Waals surface area contributed by atoms with Crippen molar-refractivity contribution >= 4 is 82.5 Å². The molecule has 0 aliphatic heterocycles. The highest BCUT2D eigenvalue weighted by molar-refractivity contribution is 7.17. The van der Waals surface area contributed by atoms with E-state index in [1.165, 1.54) is 102 Å². The van der Waals surface area contributed by atoms with Crippen LogP contribution in [0.3, 0.4) is 0 Å². The molecule has 1 atom stereocenters. The van der Waals surface area contributed by atoms with E-state index in [1.807, 2.05) is 11.3 Å². The molecule has 11 rings (SSSR count). The smallest absolute Gasteiger partial charge is 0.0541 e. The van der Waals surface area contributed by atoms with E-state index in [9.17, 15) is 0 Å². The van der Waals surface area contributed by atoms with Crippen molar-refractivity contribution in [1.82, 2.24) is 4.57 Å². The lowest BCUT2D eigenvalue weighted by atomic mass is 9.85. The zero-order valence-electron chi connectivity index (χ0n) is 31.9. The standard InChI is InChI=1S/C55H39NS/c1-3-35(2)38-26-30-47-49(32-38)55(36-14-5-4-6-15-36)46-20-8-7-19-45(46)54(47)37-24-28-41(29-25-37)56-50-22-11-9-17-42(50)48-33-40(27-31-51(48)56)39-16-13-21-44-43-18-10-12-23-52(43)57-53(44)34-39/h3-34,39H,1-2H3/b35-3+. The Morgan fingerprint density at radius 2 is 1.21 bits per heavy atom. The van der Waals surface area contributed by atoms with Crippen molar-refractivity contribution in [2.45, 2.75) is 19.8 Å². The Morgan fingerprint density at radius 3 is 2.00 bits per heavy atom. The molecule has 2 heterocycles. The van der Waals surface area contributed by atoms with E-state index in [1.54, 1.807) is 0 Å². The molecule has 2 heteroatoms. The Kier molecular flexibility index (Phi) is 7.94. The van der Waals surface area contributed by atoms with Crippen LogP contribution >= 0.6 is 11.3 Å². The highest BCUT2D eigenvalue weighted by atomic mass is 32.1. The molecular formula is C55H39NS. The van der Waals surface area contributed by atoms with Gasteiger partial charge in [0, 0.05) is 42.2 Å². The van der Waals surface area contributed by atoms with Gasteiger partial charge in [-0.1, -0.05) is 152 Å². The van der Waals surface area contributed by atoms with Gasteiger partial charge in [-0.15, -0.1) is 11.3 Å². The van der Waals surface area contributed by atoms with Crippen LogP contribution in [-0.2, 0) is 0 Å². The first-order valence-corrected chi connectivity index (χ1v) is 20.7. The number of para-hydroxylation sites is 1. The molecule has 10 aromatic rings. The summed E-state index contributed by atoms with van der Waals surface area (Å²) in [4.78, 5) is 0. The zero-order valence-corrected chi connectivity index (χ0v) is 32.7. The molecule has 8 aromatic carbocycles. The Balaban J connectivity index is 1.06. The van der Waals surface area contributed by atoms with Gasteiger partial charge in [-0.3, -0.25) is 0 Å². The summed E-state index contributed by atoms with van der Waals surface area (Å²) in [7, 11) is 0. The first kappa shape index (κ1) is 33.6. The number of thiophene rings is 1. The first-order chi connectivity index (χ1) is 28.1. The van der Waals surface area contributed by atoms with Crippen LogP contribution in [0.25, 0.3) is 99.1 Å². The van der Waals surface area contributed by atoms with Crippen LogP contribution in [0.15, 0.2) is 182 Å². The van der Waals surface area contributed by atoms with Crippen molar-refractivity contribution in [3.05, 3.63) is 203 Å². The topological polar surface area (TPSA) is 4.93 Å². The Bertz CT molecular complexity index is 3410. The van der Waals surface area contributed by atoms with E-state index in [-0.39, 0.29) is 5.92 Å². The summed E-state index contributed by atoms with van der Waals surface area (Å²) in [6, 6.07) is 60.7. The number of fused-ring (bicyclic) bond motifs is 8. The molecule has 0 amide bonds. The van der Waals surface area contributed by atoms with Crippen molar-refractivity contribution < 1.29 is 0 Å². The van der Waals surface area contributed by atoms with Crippen molar-refractivity contribution in [2.75, 3.05) is 0 Å². The average molecular weight is 746 g/mol. The molecule has 0 saturated heterocycles. The van der Waals surface area contributed by atoms with Crippen LogP contribution in [0, 0.1) is 0 Å². The molecule has 2 aromatic heterocycles. The van der Waals surface area contributed by atoms with E-state index < -0.39 is 0 Å².